The summed E-state index contributed by atoms with van der Waals surface area (Å²) in [4.78, 5) is 14.3. The number of carbonyl (C=O) groups is 1. The molecule has 1 fully saturated rings. The summed E-state index contributed by atoms with van der Waals surface area (Å²) in [5, 5.41) is 0.990. The summed E-state index contributed by atoms with van der Waals surface area (Å²) in [6.45, 7) is 5.85. The molecule has 1 aliphatic rings. The van der Waals surface area contributed by atoms with E-state index < -0.39 is 0 Å². The number of hydrogen-bond donors (Lipinski definition) is 0. The van der Waals surface area contributed by atoms with Crippen molar-refractivity contribution >= 4 is 21.8 Å². The highest BCUT2D eigenvalue weighted by molar-refractivity contribution is 9.09. The largest absolute Gasteiger partial charge is 0.338 e. The summed E-state index contributed by atoms with van der Waals surface area (Å²) >= 11 is 3.49. The van der Waals surface area contributed by atoms with Crippen molar-refractivity contribution in [2.45, 2.75) is 20.3 Å². The lowest BCUT2D eigenvalue weighted by atomic mass is 10.1. The van der Waals surface area contributed by atoms with Crippen LogP contribution in [-0.2, 0) is 0 Å². The molecule has 92 valence electrons. The van der Waals surface area contributed by atoms with Gasteiger partial charge in [0.1, 0.15) is 0 Å². The Morgan fingerprint density at radius 2 is 2.00 bits per heavy atom. The van der Waals surface area contributed by atoms with Crippen molar-refractivity contribution in [1.82, 2.24) is 4.90 Å². The molecule has 3 heteroatoms. The third kappa shape index (κ3) is 2.89. The van der Waals surface area contributed by atoms with Crippen LogP contribution < -0.4 is 0 Å². The molecule has 2 nitrogen and oxygen atoms in total. The van der Waals surface area contributed by atoms with Gasteiger partial charge in [-0.2, -0.15) is 0 Å². The van der Waals surface area contributed by atoms with Crippen LogP contribution in [0.1, 0.15) is 27.9 Å². The fourth-order valence-electron chi connectivity index (χ4n) is 2.42. The second-order valence-corrected chi connectivity index (χ2v) is 5.58. The second-order valence-electron chi connectivity index (χ2n) is 4.94. The smallest absolute Gasteiger partial charge is 0.253 e. The number of rotatable bonds is 2. The van der Waals surface area contributed by atoms with E-state index in [0.717, 1.165) is 41.5 Å². The maximum Gasteiger partial charge on any atom is 0.253 e. The third-order valence-corrected chi connectivity index (χ3v) is 4.18. The van der Waals surface area contributed by atoms with Crippen LogP contribution in [0.15, 0.2) is 18.2 Å². The van der Waals surface area contributed by atoms with Crippen LogP contribution in [0.3, 0.4) is 0 Å². The van der Waals surface area contributed by atoms with Crippen LogP contribution in [0.25, 0.3) is 0 Å². The van der Waals surface area contributed by atoms with Gasteiger partial charge in [-0.25, -0.2) is 0 Å². The monoisotopic (exact) mass is 295 g/mol. The zero-order chi connectivity index (χ0) is 12.4. The van der Waals surface area contributed by atoms with Gasteiger partial charge in [-0.15, -0.1) is 0 Å². The quantitative estimate of drug-likeness (QED) is 0.768. The van der Waals surface area contributed by atoms with Crippen LogP contribution in [0.4, 0.5) is 0 Å². The highest BCUT2D eigenvalue weighted by Crippen LogP contribution is 2.21. The molecule has 1 aromatic rings. The van der Waals surface area contributed by atoms with E-state index in [1.165, 1.54) is 0 Å². The van der Waals surface area contributed by atoms with Crippen LogP contribution >= 0.6 is 15.9 Å². The third-order valence-electron chi connectivity index (χ3n) is 3.26. The number of aryl methyl sites for hydroxylation is 2. The van der Waals surface area contributed by atoms with Crippen LogP contribution in [0.2, 0.25) is 0 Å². The normalized spacial score (nSPS) is 19.7. The fourth-order valence-corrected chi connectivity index (χ4v) is 2.95. The van der Waals surface area contributed by atoms with Crippen LogP contribution in [0.5, 0.6) is 0 Å². The SMILES string of the molecule is Cc1cc(C)cc(C(=O)N2CCC(CBr)C2)c1. The Labute approximate surface area is 111 Å². The molecule has 1 heterocycles. The number of alkyl halides is 1. The van der Waals surface area contributed by atoms with Crippen LogP contribution in [-0.4, -0.2) is 29.2 Å². The van der Waals surface area contributed by atoms with Gasteiger partial charge in [0, 0.05) is 24.0 Å². The molecule has 1 aliphatic heterocycles. The molecule has 0 N–H and O–H groups in total. The molecule has 1 atom stereocenters. The number of nitrogens with zero attached hydrogens (tertiary/aromatic N) is 1. The fraction of sp³-hybridized carbons (Fsp3) is 0.500. The minimum Gasteiger partial charge on any atom is -0.338 e. The van der Waals surface area contributed by atoms with E-state index in [1.807, 2.05) is 30.9 Å². The Bertz CT molecular complexity index is 410. The van der Waals surface area contributed by atoms with Gasteiger partial charge >= 0.3 is 0 Å². The maximum atomic E-state index is 12.3. The van der Waals surface area contributed by atoms with Gasteiger partial charge in [-0.05, 0) is 38.3 Å². The summed E-state index contributed by atoms with van der Waals surface area (Å²) in [6, 6.07) is 6.07. The van der Waals surface area contributed by atoms with Crippen molar-refractivity contribution < 1.29 is 4.79 Å². The van der Waals surface area contributed by atoms with Gasteiger partial charge in [-0.1, -0.05) is 33.1 Å². The van der Waals surface area contributed by atoms with E-state index in [1.54, 1.807) is 0 Å². The van der Waals surface area contributed by atoms with E-state index >= 15 is 0 Å². The van der Waals surface area contributed by atoms with Crippen LogP contribution in [0, 0.1) is 19.8 Å². The average molecular weight is 296 g/mol. The summed E-state index contributed by atoms with van der Waals surface area (Å²) < 4.78 is 0. The molecule has 1 unspecified atom stereocenters. The Morgan fingerprint density at radius 1 is 1.35 bits per heavy atom. The summed E-state index contributed by atoms with van der Waals surface area (Å²) in [7, 11) is 0. The molecule has 1 saturated heterocycles. The van der Waals surface area contributed by atoms with E-state index in [4.69, 9.17) is 0 Å². The number of halogens is 1. The van der Waals surface area contributed by atoms with Crippen molar-refractivity contribution in [1.29, 1.82) is 0 Å². The zero-order valence-electron chi connectivity index (χ0n) is 10.4. The number of carbonyl (C=O) groups excluding carboxylic acids is 1. The van der Waals surface area contributed by atoms with Crippen molar-refractivity contribution in [3.63, 3.8) is 0 Å². The lowest BCUT2D eigenvalue weighted by molar-refractivity contribution is 0.0788. The molecule has 17 heavy (non-hydrogen) atoms. The first-order valence-corrected chi connectivity index (χ1v) is 7.16. The molecule has 2 rings (SSSR count). The van der Waals surface area contributed by atoms with Gasteiger partial charge in [0.25, 0.3) is 5.91 Å². The van der Waals surface area contributed by atoms with Gasteiger partial charge in [0.15, 0.2) is 0 Å². The van der Waals surface area contributed by atoms with Gasteiger partial charge < -0.3 is 4.90 Å². The maximum absolute atomic E-state index is 12.3. The Hall–Kier alpha value is -0.830. The predicted molar refractivity (Wildman–Crippen MR) is 73.7 cm³/mol. The first-order valence-electron chi connectivity index (χ1n) is 6.03. The predicted octanol–water partition coefficient (Wildman–Crippen LogP) is 3.16. The first-order chi connectivity index (χ1) is 8.10. The minimum atomic E-state index is 0.181. The lowest BCUT2D eigenvalue weighted by Gasteiger charge is -2.16. The number of likely N-dealkylation sites (tertiary alicyclic amines) is 1. The number of amides is 1. The molecule has 0 bridgehead atoms. The van der Waals surface area contributed by atoms with Gasteiger partial charge in [-0.3, -0.25) is 4.79 Å². The van der Waals surface area contributed by atoms with Crippen molar-refractivity contribution in [2.24, 2.45) is 5.92 Å². The Morgan fingerprint density at radius 3 is 2.53 bits per heavy atom. The topological polar surface area (TPSA) is 20.3 Å². The van der Waals surface area contributed by atoms with E-state index in [-0.39, 0.29) is 5.91 Å². The number of hydrogen-bond acceptors (Lipinski definition) is 1. The summed E-state index contributed by atoms with van der Waals surface area (Å²) in [5.41, 5.74) is 3.15. The van der Waals surface area contributed by atoms with Crippen molar-refractivity contribution in [3.05, 3.63) is 34.9 Å². The highest BCUT2D eigenvalue weighted by Gasteiger charge is 2.26. The molecular weight excluding hydrogens is 278 g/mol. The average Bonchev–Trinajstić information content (AvgIpc) is 2.75. The minimum absolute atomic E-state index is 0.181. The Kier molecular flexibility index (Phi) is 3.87. The summed E-state index contributed by atoms with van der Waals surface area (Å²) in [5.74, 6) is 0.796. The van der Waals surface area contributed by atoms with E-state index in [2.05, 4.69) is 22.0 Å². The van der Waals surface area contributed by atoms with E-state index in [0.29, 0.717) is 5.92 Å². The standard InChI is InChI=1S/C14H18BrNO/c1-10-5-11(2)7-13(6-10)14(17)16-4-3-12(8-15)9-16/h5-7,12H,3-4,8-9H2,1-2H3. The molecule has 0 spiro atoms. The van der Waals surface area contributed by atoms with Gasteiger partial charge in [0.05, 0.1) is 0 Å². The molecule has 0 radical (unpaired) electrons. The second kappa shape index (κ2) is 5.21. The first kappa shape index (κ1) is 12.6. The molecule has 1 amide bonds. The zero-order valence-corrected chi connectivity index (χ0v) is 12.0. The molecular formula is C14H18BrNO. The summed E-state index contributed by atoms with van der Waals surface area (Å²) in [6.07, 6.45) is 1.11. The Balaban J connectivity index is 2.14. The number of benzene rings is 1. The van der Waals surface area contributed by atoms with Gasteiger partial charge in [0.2, 0.25) is 0 Å². The molecule has 0 aliphatic carbocycles. The van der Waals surface area contributed by atoms with E-state index in [9.17, 15) is 4.79 Å². The molecule has 0 saturated carbocycles. The van der Waals surface area contributed by atoms with Crippen molar-refractivity contribution in [3.8, 4) is 0 Å². The highest BCUT2D eigenvalue weighted by atomic mass is 79.9. The lowest BCUT2D eigenvalue weighted by Crippen LogP contribution is -2.29. The molecule has 1 aromatic carbocycles. The van der Waals surface area contributed by atoms with Crippen molar-refractivity contribution in [2.75, 3.05) is 18.4 Å². The molecule has 0 aromatic heterocycles.